The topological polar surface area (TPSA) is 4.93 Å². The molecule has 184 valence electrons. The van der Waals surface area contributed by atoms with E-state index in [1.807, 2.05) is 43.4 Å². The summed E-state index contributed by atoms with van der Waals surface area (Å²) in [5.41, 5.74) is 9.37. The molecule has 1 heterocycles. The van der Waals surface area contributed by atoms with Crippen LogP contribution in [0.3, 0.4) is 0 Å². The Hall–Kier alpha value is -4.69. The minimum atomic E-state index is -0.256. The highest BCUT2D eigenvalue weighted by molar-refractivity contribution is 6.10. The predicted molar refractivity (Wildman–Crippen MR) is 160 cm³/mol. The van der Waals surface area contributed by atoms with Crippen LogP contribution < -0.4 is 0 Å². The summed E-state index contributed by atoms with van der Waals surface area (Å²) >= 11 is 0. The smallest absolute Gasteiger partial charge is 0.125 e. The molecule has 0 bridgehead atoms. The largest absolute Gasteiger partial charge is 0.309 e. The van der Waals surface area contributed by atoms with Crippen molar-refractivity contribution in [3.05, 3.63) is 144 Å². The number of aromatic nitrogens is 1. The molecule has 6 rings (SSSR count). The summed E-state index contributed by atoms with van der Waals surface area (Å²) in [5.74, 6) is -0.256. The van der Waals surface area contributed by atoms with Crippen molar-refractivity contribution in [2.45, 2.75) is 13.8 Å². The second kappa shape index (κ2) is 9.99. The zero-order valence-corrected chi connectivity index (χ0v) is 21.5. The van der Waals surface area contributed by atoms with Crippen molar-refractivity contribution in [1.82, 2.24) is 4.57 Å². The lowest BCUT2D eigenvalue weighted by Crippen LogP contribution is -1.96. The third-order valence-electron chi connectivity index (χ3n) is 6.98. The van der Waals surface area contributed by atoms with Crippen LogP contribution in [0.15, 0.2) is 127 Å². The van der Waals surface area contributed by atoms with E-state index >= 15 is 4.39 Å². The van der Waals surface area contributed by atoms with Gasteiger partial charge in [0.2, 0.25) is 0 Å². The molecule has 0 unspecified atom stereocenters. The van der Waals surface area contributed by atoms with Gasteiger partial charge in [-0.25, -0.2) is 4.39 Å². The number of hydrogen-bond donors (Lipinski definition) is 0. The minimum Gasteiger partial charge on any atom is -0.309 e. The van der Waals surface area contributed by atoms with Crippen LogP contribution in [0.25, 0.3) is 55.8 Å². The van der Waals surface area contributed by atoms with Crippen molar-refractivity contribution in [1.29, 1.82) is 0 Å². The molecule has 0 spiro atoms. The Bertz CT molecular complexity index is 1850. The van der Waals surface area contributed by atoms with E-state index in [4.69, 9.17) is 0 Å². The van der Waals surface area contributed by atoms with Crippen molar-refractivity contribution < 1.29 is 4.39 Å². The molecule has 0 fully saturated rings. The van der Waals surface area contributed by atoms with Gasteiger partial charge in [0.15, 0.2) is 0 Å². The number of nitrogens with zero attached hydrogens (tertiary/aromatic N) is 1. The third-order valence-corrected chi connectivity index (χ3v) is 6.98. The monoisotopic (exact) mass is 493 g/mol. The Morgan fingerprint density at radius 2 is 1.37 bits per heavy atom. The van der Waals surface area contributed by atoms with Crippen LogP contribution in [0.2, 0.25) is 0 Å². The SMILES string of the molecule is C/C=C\C=C/c1cccc(-c2cc(F)cc(-n3c4ccccc4c4ccc(-c5cccc(C)c5)cc43)c2)c1. The van der Waals surface area contributed by atoms with Gasteiger partial charge in [-0.2, -0.15) is 0 Å². The van der Waals surface area contributed by atoms with Crippen LogP contribution in [0, 0.1) is 12.7 Å². The molecule has 0 aliphatic heterocycles. The molecule has 0 saturated heterocycles. The minimum absolute atomic E-state index is 0.256. The summed E-state index contributed by atoms with van der Waals surface area (Å²) in [7, 11) is 0. The summed E-state index contributed by atoms with van der Waals surface area (Å²) in [6.07, 6.45) is 8.07. The Morgan fingerprint density at radius 1 is 0.605 bits per heavy atom. The molecule has 5 aromatic carbocycles. The number of para-hydroxylation sites is 1. The average molecular weight is 494 g/mol. The summed E-state index contributed by atoms with van der Waals surface area (Å²) < 4.78 is 17.4. The standard InChI is InChI=1S/C36H28FN/c1-3-4-5-11-26-12-9-14-28(20-26)30-21-31(37)24-32(22-30)38-35-16-7-6-15-33(35)34-18-17-29(23-36(34)38)27-13-8-10-25(2)19-27/h3-24H,1-2H3/b4-3-,11-5-. The molecule has 0 atom stereocenters. The van der Waals surface area contributed by atoms with Gasteiger partial charge in [-0.05, 0) is 78.1 Å². The zero-order valence-electron chi connectivity index (χ0n) is 21.5. The van der Waals surface area contributed by atoms with Gasteiger partial charge in [0, 0.05) is 16.5 Å². The van der Waals surface area contributed by atoms with Crippen molar-refractivity contribution in [2.75, 3.05) is 0 Å². The number of allylic oxidation sites excluding steroid dienone is 3. The fourth-order valence-corrected chi connectivity index (χ4v) is 5.22. The number of rotatable bonds is 5. The van der Waals surface area contributed by atoms with Gasteiger partial charge in [-0.15, -0.1) is 0 Å². The first-order valence-corrected chi connectivity index (χ1v) is 12.9. The number of hydrogen-bond acceptors (Lipinski definition) is 0. The lowest BCUT2D eigenvalue weighted by molar-refractivity contribution is 0.627. The van der Waals surface area contributed by atoms with E-state index < -0.39 is 0 Å². The molecule has 6 aromatic rings. The van der Waals surface area contributed by atoms with Crippen LogP contribution in [-0.2, 0) is 0 Å². The maximum atomic E-state index is 15.2. The molecule has 1 aromatic heterocycles. The van der Waals surface area contributed by atoms with Crippen molar-refractivity contribution in [3.63, 3.8) is 0 Å². The van der Waals surface area contributed by atoms with Gasteiger partial charge >= 0.3 is 0 Å². The fourth-order valence-electron chi connectivity index (χ4n) is 5.22. The van der Waals surface area contributed by atoms with E-state index in [9.17, 15) is 0 Å². The number of fused-ring (bicyclic) bond motifs is 3. The molecule has 0 radical (unpaired) electrons. The van der Waals surface area contributed by atoms with Crippen LogP contribution in [0.1, 0.15) is 18.1 Å². The van der Waals surface area contributed by atoms with Crippen LogP contribution in [0.4, 0.5) is 4.39 Å². The number of aryl methyl sites for hydroxylation is 1. The van der Waals surface area contributed by atoms with Crippen molar-refractivity contribution in [2.24, 2.45) is 0 Å². The first-order valence-electron chi connectivity index (χ1n) is 12.9. The second-order valence-electron chi connectivity index (χ2n) is 9.66. The van der Waals surface area contributed by atoms with Gasteiger partial charge in [-0.1, -0.05) is 103 Å². The second-order valence-corrected chi connectivity index (χ2v) is 9.66. The molecule has 0 aliphatic carbocycles. The van der Waals surface area contributed by atoms with Gasteiger partial charge in [0.25, 0.3) is 0 Å². The molecule has 0 N–H and O–H groups in total. The first kappa shape index (κ1) is 23.7. The highest BCUT2D eigenvalue weighted by Gasteiger charge is 2.15. The van der Waals surface area contributed by atoms with E-state index in [0.29, 0.717) is 0 Å². The molecule has 2 heteroatoms. The molecule has 0 saturated carbocycles. The van der Waals surface area contributed by atoms with Crippen LogP contribution in [-0.4, -0.2) is 4.57 Å². The van der Waals surface area contributed by atoms with Gasteiger partial charge < -0.3 is 4.57 Å². The molecule has 0 amide bonds. The molecule has 38 heavy (non-hydrogen) atoms. The lowest BCUT2D eigenvalue weighted by atomic mass is 10.0. The highest BCUT2D eigenvalue weighted by Crippen LogP contribution is 2.36. The van der Waals surface area contributed by atoms with Gasteiger partial charge in [-0.3, -0.25) is 0 Å². The number of benzene rings is 5. The Labute approximate surface area is 222 Å². The van der Waals surface area contributed by atoms with Crippen LogP contribution >= 0.6 is 0 Å². The molecular weight excluding hydrogens is 465 g/mol. The number of halogens is 1. The first-order chi connectivity index (χ1) is 18.6. The summed E-state index contributed by atoms with van der Waals surface area (Å²) in [5, 5.41) is 2.30. The van der Waals surface area contributed by atoms with E-state index in [1.54, 1.807) is 12.1 Å². The quantitative estimate of drug-likeness (QED) is 0.211. The van der Waals surface area contributed by atoms with Crippen molar-refractivity contribution in [3.8, 4) is 27.9 Å². The van der Waals surface area contributed by atoms with E-state index in [-0.39, 0.29) is 5.82 Å². The van der Waals surface area contributed by atoms with Crippen LogP contribution in [0.5, 0.6) is 0 Å². The Balaban J connectivity index is 1.56. The van der Waals surface area contributed by atoms with E-state index in [1.165, 1.54) is 11.1 Å². The summed E-state index contributed by atoms with van der Waals surface area (Å²) in [6.45, 7) is 4.10. The average Bonchev–Trinajstić information content (AvgIpc) is 3.27. The maximum absolute atomic E-state index is 15.2. The molecule has 0 aliphatic rings. The van der Waals surface area contributed by atoms with Gasteiger partial charge in [0.05, 0.1) is 11.0 Å². The summed E-state index contributed by atoms with van der Waals surface area (Å²) in [6, 6.07) is 37.0. The fraction of sp³-hybridized carbons (Fsp3) is 0.0556. The maximum Gasteiger partial charge on any atom is 0.125 e. The Kier molecular flexibility index (Phi) is 6.23. The third kappa shape index (κ3) is 4.46. The Morgan fingerprint density at radius 3 is 2.21 bits per heavy atom. The van der Waals surface area contributed by atoms with E-state index in [2.05, 4.69) is 96.4 Å². The molecule has 1 nitrogen and oxygen atoms in total. The molecular formula is C36H28FN. The highest BCUT2D eigenvalue weighted by atomic mass is 19.1. The predicted octanol–water partition coefficient (Wildman–Crippen LogP) is 10.2. The van der Waals surface area contributed by atoms with E-state index in [0.717, 1.165) is 49.7 Å². The lowest BCUT2D eigenvalue weighted by Gasteiger charge is -2.12. The normalized spacial score (nSPS) is 11.9. The van der Waals surface area contributed by atoms with Gasteiger partial charge in [0.1, 0.15) is 5.82 Å². The van der Waals surface area contributed by atoms with Crippen molar-refractivity contribution >= 4 is 27.9 Å². The summed E-state index contributed by atoms with van der Waals surface area (Å²) in [4.78, 5) is 0. The zero-order chi connectivity index (χ0) is 26.1.